The molecule has 6 nitrogen and oxygen atoms in total. The topological polar surface area (TPSA) is 68.1 Å². The molecule has 1 saturated carbocycles. The van der Waals surface area contributed by atoms with E-state index in [1.165, 1.54) is 12.1 Å². The van der Waals surface area contributed by atoms with Crippen LogP contribution in [0.5, 0.6) is 0 Å². The third-order valence-corrected chi connectivity index (χ3v) is 6.73. The van der Waals surface area contributed by atoms with Gasteiger partial charge in [0.2, 0.25) is 5.91 Å². The van der Waals surface area contributed by atoms with Crippen LogP contribution in [-0.4, -0.2) is 38.7 Å². The third-order valence-electron chi connectivity index (χ3n) is 6.73. The number of aromatic nitrogens is 3. The van der Waals surface area contributed by atoms with Crippen molar-refractivity contribution in [3.63, 3.8) is 0 Å². The first-order valence-corrected chi connectivity index (χ1v) is 11.1. The Balaban J connectivity index is 1.23. The summed E-state index contributed by atoms with van der Waals surface area (Å²) < 4.78 is 14.8. The predicted molar refractivity (Wildman–Crippen MR) is 118 cm³/mol. The van der Waals surface area contributed by atoms with Crippen LogP contribution in [0, 0.1) is 11.7 Å². The molecule has 0 radical (unpaired) electrons. The minimum Gasteiger partial charge on any atom is -0.342 e. The first-order chi connectivity index (χ1) is 15.5. The van der Waals surface area contributed by atoms with Crippen molar-refractivity contribution in [3.8, 4) is 11.3 Å². The summed E-state index contributed by atoms with van der Waals surface area (Å²) >= 11 is 0. The number of likely N-dealkylation sites (tertiary alicyclic amines) is 1. The molecule has 1 amide bonds. The Bertz CT molecular complexity index is 1160. The molecular formula is C25H25FN4O2. The van der Waals surface area contributed by atoms with Gasteiger partial charge in [0.05, 0.1) is 11.1 Å². The number of hydrogen-bond acceptors (Lipinski definition) is 4. The van der Waals surface area contributed by atoms with Gasteiger partial charge in [-0.1, -0.05) is 12.1 Å². The lowest BCUT2D eigenvalue weighted by molar-refractivity contribution is -0.135. The van der Waals surface area contributed by atoms with E-state index >= 15 is 0 Å². The molecule has 7 heteroatoms. The zero-order valence-electron chi connectivity index (χ0n) is 17.8. The normalized spacial score (nSPS) is 17.8. The van der Waals surface area contributed by atoms with Gasteiger partial charge in [-0.05, 0) is 67.5 Å². The number of pyridine rings is 1. The Morgan fingerprint density at radius 3 is 2.34 bits per heavy atom. The lowest BCUT2D eigenvalue weighted by Crippen LogP contribution is -2.45. The summed E-state index contributed by atoms with van der Waals surface area (Å²) in [5.41, 5.74) is 1.99. The van der Waals surface area contributed by atoms with Crippen LogP contribution in [0.4, 0.5) is 4.39 Å². The second-order valence-corrected chi connectivity index (χ2v) is 8.80. The Labute approximate surface area is 185 Å². The molecule has 3 aromatic rings. The molecule has 2 aromatic heterocycles. The number of nitrogens with zero attached hydrogens (tertiary/aromatic N) is 4. The van der Waals surface area contributed by atoms with E-state index in [9.17, 15) is 14.0 Å². The molecule has 0 bridgehead atoms. The van der Waals surface area contributed by atoms with E-state index in [0.717, 1.165) is 42.5 Å². The van der Waals surface area contributed by atoms with Crippen molar-refractivity contribution >= 4 is 5.91 Å². The minimum atomic E-state index is -0.474. The quantitative estimate of drug-likeness (QED) is 0.620. The molecule has 32 heavy (non-hydrogen) atoms. The summed E-state index contributed by atoms with van der Waals surface area (Å²) in [5.74, 6) is 0.158. The standard InChI is InChI=1S/C25H25FN4O2/c26-21-3-1-20(2-4-21)25(11-12-25)24(32)29-15-9-18(10-16-29)17-30-23(31)6-5-22(28-30)19-7-13-27-14-8-19/h1-8,13-14,18H,9-12,15-17H2. The maximum absolute atomic E-state index is 13.3. The van der Waals surface area contributed by atoms with Crippen LogP contribution in [0.25, 0.3) is 11.3 Å². The monoisotopic (exact) mass is 432 g/mol. The van der Waals surface area contributed by atoms with Crippen molar-refractivity contribution in [1.29, 1.82) is 0 Å². The van der Waals surface area contributed by atoms with Crippen molar-refractivity contribution in [2.24, 2.45) is 5.92 Å². The molecule has 1 aliphatic carbocycles. The number of halogens is 1. The highest BCUT2D eigenvalue weighted by Gasteiger charge is 2.53. The van der Waals surface area contributed by atoms with Crippen LogP contribution in [-0.2, 0) is 16.8 Å². The summed E-state index contributed by atoms with van der Waals surface area (Å²) in [6, 6.07) is 13.4. The molecule has 5 rings (SSSR count). The Hall–Kier alpha value is -3.35. The van der Waals surface area contributed by atoms with Crippen molar-refractivity contribution < 1.29 is 9.18 Å². The fraction of sp³-hybridized carbons (Fsp3) is 0.360. The highest BCUT2D eigenvalue weighted by atomic mass is 19.1. The maximum Gasteiger partial charge on any atom is 0.266 e. The molecule has 164 valence electrons. The molecule has 0 N–H and O–H groups in total. The summed E-state index contributed by atoms with van der Waals surface area (Å²) in [5, 5.41) is 4.55. The fourth-order valence-corrected chi connectivity index (χ4v) is 4.64. The van der Waals surface area contributed by atoms with Gasteiger partial charge in [0.15, 0.2) is 0 Å². The van der Waals surface area contributed by atoms with E-state index in [0.29, 0.717) is 19.6 Å². The van der Waals surface area contributed by atoms with E-state index in [4.69, 9.17) is 0 Å². The number of piperidine rings is 1. The second-order valence-electron chi connectivity index (χ2n) is 8.80. The van der Waals surface area contributed by atoms with Crippen molar-refractivity contribution in [2.45, 2.75) is 37.6 Å². The van der Waals surface area contributed by atoms with Crippen LogP contribution in [0.3, 0.4) is 0 Å². The van der Waals surface area contributed by atoms with Crippen molar-refractivity contribution in [1.82, 2.24) is 19.7 Å². The Kier molecular flexibility index (Phi) is 5.33. The summed E-state index contributed by atoms with van der Waals surface area (Å²) in [7, 11) is 0. The zero-order chi connectivity index (χ0) is 22.1. The molecule has 3 heterocycles. The van der Waals surface area contributed by atoms with E-state index in [2.05, 4.69) is 10.1 Å². The molecule has 0 unspecified atom stereocenters. The van der Waals surface area contributed by atoms with Gasteiger partial charge in [-0.25, -0.2) is 9.07 Å². The number of hydrogen-bond donors (Lipinski definition) is 0. The first kappa shape index (κ1) is 20.5. The maximum atomic E-state index is 13.3. The molecule has 0 atom stereocenters. The van der Waals surface area contributed by atoms with Gasteiger partial charge < -0.3 is 4.90 Å². The molecule has 1 aliphatic heterocycles. The van der Waals surface area contributed by atoms with Crippen molar-refractivity contribution in [3.05, 3.63) is 82.7 Å². The third kappa shape index (κ3) is 3.95. The van der Waals surface area contributed by atoms with E-state index in [1.807, 2.05) is 17.0 Å². The van der Waals surface area contributed by atoms with Crippen LogP contribution >= 0.6 is 0 Å². The number of benzene rings is 1. The van der Waals surface area contributed by atoms with E-state index < -0.39 is 5.41 Å². The van der Waals surface area contributed by atoms with Crippen LogP contribution in [0.2, 0.25) is 0 Å². The lowest BCUT2D eigenvalue weighted by Gasteiger charge is -2.34. The molecular weight excluding hydrogens is 407 g/mol. The Morgan fingerprint density at radius 1 is 1.00 bits per heavy atom. The molecule has 1 aromatic carbocycles. The first-order valence-electron chi connectivity index (χ1n) is 11.1. The van der Waals surface area contributed by atoms with Crippen molar-refractivity contribution in [2.75, 3.05) is 13.1 Å². The van der Waals surface area contributed by atoms with Gasteiger partial charge in [0.1, 0.15) is 5.82 Å². The average Bonchev–Trinajstić information content (AvgIpc) is 3.64. The molecule has 2 fully saturated rings. The van der Waals surface area contributed by atoms with Crippen LogP contribution in [0.15, 0.2) is 65.7 Å². The van der Waals surface area contributed by atoms with Gasteiger partial charge in [-0.2, -0.15) is 5.10 Å². The van der Waals surface area contributed by atoms with E-state index in [1.54, 1.807) is 41.3 Å². The van der Waals surface area contributed by atoms with Gasteiger partial charge in [0, 0.05) is 43.7 Å². The molecule has 0 spiro atoms. The van der Waals surface area contributed by atoms with Crippen LogP contribution in [0.1, 0.15) is 31.2 Å². The number of amides is 1. The van der Waals surface area contributed by atoms with Crippen LogP contribution < -0.4 is 5.56 Å². The van der Waals surface area contributed by atoms with E-state index in [-0.39, 0.29) is 23.2 Å². The Morgan fingerprint density at radius 2 is 1.69 bits per heavy atom. The second kappa shape index (κ2) is 8.30. The van der Waals surface area contributed by atoms with Gasteiger partial charge in [-0.3, -0.25) is 14.6 Å². The largest absolute Gasteiger partial charge is 0.342 e. The highest BCUT2D eigenvalue weighted by Crippen LogP contribution is 2.50. The summed E-state index contributed by atoms with van der Waals surface area (Å²) in [6.45, 7) is 1.89. The molecule has 1 saturated heterocycles. The average molecular weight is 432 g/mol. The predicted octanol–water partition coefficient (Wildman–Crippen LogP) is 3.41. The van der Waals surface area contributed by atoms with Gasteiger partial charge in [0.25, 0.3) is 5.56 Å². The smallest absolute Gasteiger partial charge is 0.266 e. The molecule has 2 aliphatic rings. The SMILES string of the molecule is O=C(N1CCC(Cn2nc(-c3ccncc3)ccc2=O)CC1)C1(c2ccc(F)cc2)CC1. The number of rotatable bonds is 5. The number of carbonyl (C=O) groups excluding carboxylic acids is 1. The lowest BCUT2D eigenvalue weighted by atomic mass is 9.91. The van der Waals surface area contributed by atoms with Gasteiger partial charge in [-0.15, -0.1) is 0 Å². The number of carbonyl (C=O) groups is 1. The highest BCUT2D eigenvalue weighted by molar-refractivity contribution is 5.91. The summed E-state index contributed by atoms with van der Waals surface area (Å²) in [4.78, 5) is 31.6. The fourth-order valence-electron chi connectivity index (χ4n) is 4.64. The van der Waals surface area contributed by atoms with Gasteiger partial charge >= 0.3 is 0 Å². The minimum absolute atomic E-state index is 0.116. The zero-order valence-corrected chi connectivity index (χ0v) is 17.8. The summed E-state index contributed by atoms with van der Waals surface area (Å²) in [6.07, 6.45) is 6.71.